The van der Waals surface area contributed by atoms with Gasteiger partial charge in [-0.1, -0.05) is 11.3 Å². The largest absolute Gasteiger partial charge is 0.417 e. The third-order valence-corrected chi connectivity index (χ3v) is 7.01. The maximum absolute atomic E-state index is 13.3. The second-order valence-corrected chi connectivity index (χ2v) is 9.24. The molecule has 0 aliphatic carbocycles. The first kappa shape index (κ1) is 24.0. The molecule has 0 saturated carbocycles. The van der Waals surface area contributed by atoms with Gasteiger partial charge in [0.15, 0.2) is 0 Å². The molecule has 2 aromatic carbocycles. The van der Waals surface area contributed by atoms with Crippen LogP contribution in [0.25, 0.3) is 17.1 Å². The van der Waals surface area contributed by atoms with Crippen molar-refractivity contribution >= 4 is 28.9 Å². The van der Waals surface area contributed by atoms with Crippen LogP contribution in [0.2, 0.25) is 0 Å². The van der Waals surface area contributed by atoms with E-state index < -0.39 is 17.6 Å². The third kappa shape index (κ3) is 4.82. The Morgan fingerprint density at radius 1 is 1.00 bits per heavy atom. The molecule has 3 heterocycles. The highest BCUT2D eigenvalue weighted by atomic mass is 19.4. The fourth-order valence-corrected chi connectivity index (χ4v) is 5.08. The summed E-state index contributed by atoms with van der Waals surface area (Å²) in [5.74, 6) is -0.971. The number of amides is 2. The number of aromatic nitrogens is 3. The predicted molar refractivity (Wildman–Crippen MR) is 123 cm³/mol. The van der Waals surface area contributed by atoms with Crippen LogP contribution >= 0.6 is 0 Å². The van der Waals surface area contributed by atoms with Crippen LogP contribution in [0.1, 0.15) is 34.3 Å². The van der Waals surface area contributed by atoms with Gasteiger partial charge in [-0.25, -0.2) is 4.39 Å². The van der Waals surface area contributed by atoms with E-state index in [1.807, 2.05) is 4.90 Å². The molecule has 2 atom stereocenters. The maximum atomic E-state index is 13.3. The van der Waals surface area contributed by atoms with Gasteiger partial charge in [0.2, 0.25) is 5.91 Å². The van der Waals surface area contributed by atoms with E-state index >= 15 is 0 Å². The molecule has 11 heteroatoms. The Balaban J connectivity index is 1.21. The van der Waals surface area contributed by atoms with Gasteiger partial charge in [0.25, 0.3) is 5.91 Å². The van der Waals surface area contributed by atoms with Gasteiger partial charge in [-0.2, -0.15) is 13.2 Å². The van der Waals surface area contributed by atoms with E-state index in [-0.39, 0.29) is 29.2 Å². The van der Waals surface area contributed by atoms with Gasteiger partial charge in [-0.05, 0) is 66.6 Å². The van der Waals surface area contributed by atoms with Crippen LogP contribution in [-0.4, -0.2) is 63.2 Å². The van der Waals surface area contributed by atoms with Gasteiger partial charge >= 0.3 is 6.18 Å². The number of nitrogens with zero attached hydrogens (tertiary/aromatic N) is 4. The molecule has 2 amide bonds. The van der Waals surface area contributed by atoms with Crippen LogP contribution in [0.15, 0.2) is 42.5 Å². The summed E-state index contributed by atoms with van der Waals surface area (Å²) in [4.78, 5) is 29.2. The van der Waals surface area contributed by atoms with Crippen molar-refractivity contribution in [3.63, 3.8) is 0 Å². The van der Waals surface area contributed by atoms with Crippen molar-refractivity contribution < 1.29 is 27.2 Å². The number of likely N-dealkylation sites (tertiary alicyclic amines) is 2. The van der Waals surface area contributed by atoms with Gasteiger partial charge in [-0.15, -0.1) is 5.10 Å². The Hall–Kier alpha value is -3.76. The first-order valence-corrected chi connectivity index (χ1v) is 11.6. The third-order valence-electron chi connectivity index (χ3n) is 7.01. The summed E-state index contributed by atoms with van der Waals surface area (Å²) in [6, 6.07) is 7.61. The van der Waals surface area contributed by atoms with Crippen molar-refractivity contribution in [3.8, 4) is 0 Å². The Morgan fingerprint density at radius 2 is 1.72 bits per heavy atom. The summed E-state index contributed by atoms with van der Waals surface area (Å²) in [6.45, 7) is 2.07. The number of rotatable bonds is 3. The number of hydrogen-bond acceptors (Lipinski definition) is 4. The minimum atomic E-state index is -4.73. The molecule has 0 spiro atoms. The molecule has 0 unspecified atom stereocenters. The molecule has 0 bridgehead atoms. The number of halogens is 4. The minimum absolute atomic E-state index is 0.0661. The van der Waals surface area contributed by atoms with E-state index in [0.29, 0.717) is 56.2 Å². The molecule has 2 aliphatic heterocycles. The number of H-pyrrole nitrogens is 1. The first-order valence-electron chi connectivity index (χ1n) is 11.6. The van der Waals surface area contributed by atoms with Crippen molar-refractivity contribution in [3.05, 3.63) is 65.0 Å². The zero-order valence-corrected chi connectivity index (χ0v) is 19.1. The molecule has 5 rings (SSSR count). The zero-order chi connectivity index (χ0) is 25.4. The number of fused-ring (bicyclic) bond motifs is 2. The van der Waals surface area contributed by atoms with E-state index in [1.54, 1.807) is 23.1 Å². The number of alkyl halides is 3. The summed E-state index contributed by atoms with van der Waals surface area (Å²) in [5, 5.41) is 10.5. The van der Waals surface area contributed by atoms with Crippen LogP contribution in [-0.2, 0) is 11.0 Å². The lowest BCUT2D eigenvalue weighted by Gasteiger charge is -2.21. The van der Waals surface area contributed by atoms with Crippen molar-refractivity contribution in [2.45, 2.75) is 19.0 Å². The molecular weight excluding hydrogens is 478 g/mol. The molecule has 7 nitrogen and oxygen atoms in total. The van der Waals surface area contributed by atoms with Crippen molar-refractivity contribution in [1.29, 1.82) is 0 Å². The molecule has 1 N–H and O–H groups in total. The summed E-state index contributed by atoms with van der Waals surface area (Å²) in [7, 11) is 0. The normalized spacial score (nSPS) is 20.7. The first-order chi connectivity index (χ1) is 17.2. The number of carbonyl (C=O) groups excluding carboxylic acids is 2. The van der Waals surface area contributed by atoms with E-state index in [1.165, 1.54) is 0 Å². The fraction of sp³-hybridized carbons (Fsp3) is 0.360. The standard InChI is InChI=1S/C25H23F4N5O2/c26-19-4-1-15(20(12-19)25(27,28)29)3-6-23(35)33-9-7-17-13-34(14-18(17)8-10-33)24(36)16-2-5-21-22(11-16)31-32-30-21/h1-6,11-12,17-18H,7-10,13-14H2,(H,30,31,32)/t17-,18+. The van der Waals surface area contributed by atoms with Crippen molar-refractivity contribution in [2.24, 2.45) is 11.8 Å². The summed E-state index contributed by atoms with van der Waals surface area (Å²) < 4.78 is 53.0. The molecule has 2 fully saturated rings. The number of nitrogens with one attached hydrogen (secondary N) is 1. The zero-order valence-electron chi connectivity index (χ0n) is 19.1. The SMILES string of the molecule is O=C(C=Cc1ccc(F)cc1C(F)(F)F)N1CC[C@@H]2CN(C(=O)c3ccc4[nH]nnc4c3)C[C@@H]2CC1. The molecular formula is C25H23F4N5O2. The average Bonchev–Trinajstić information content (AvgIpc) is 3.44. The van der Waals surface area contributed by atoms with Gasteiger partial charge in [0, 0.05) is 37.8 Å². The number of benzene rings is 2. The predicted octanol–water partition coefficient (Wildman–Crippen LogP) is 4.14. The van der Waals surface area contributed by atoms with Crippen LogP contribution in [0.5, 0.6) is 0 Å². The summed E-state index contributed by atoms with van der Waals surface area (Å²) in [6.07, 6.45) is -1.14. The lowest BCUT2D eigenvalue weighted by Crippen LogP contribution is -2.33. The molecule has 188 valence electrons. The highest BCUT2D eigenvalue weighted by Crippen LogP contribution is 2.34. The fourth-order valence-electron chi connectivity index (χ4n) is 5.08. The Bertz CT molecular complexity index is 1320. The smallest absolute Gasteiger partial charge is 0.339 e. The number of carbonyl (C=O) groups is 2. The van der Waals surface area contributed by atoms with Crippen LogP contribution in [0.3, 0.4) is 0 Å². The lowest BCUT2D eigenvalue weighted by atomic mass is 9.92. The van der Waals surface area contributed by atoms with E-state index in [0.717, 1.165) is 29.8 Å². The van der Waals surface area contributed by atoms with Crippen molar-refractivity contribution in [1.82, 2.24) is 25.2 Å². The highest BCUT2D eigenvalue weighted by Gasteiger charge is 2.38. The van der Waals surface area contributed by atoms with Gasteiger partial charge in [-0.3, -0.25) is 14.7 Å². The Morgan fingerprint density at radius 3 is 2.42 bits per heavy atom. The van der Waals surface area contributed by atoms with Crippen LogP contribution < -0.4 is 0 Å². The molecule has 0 radical (unpaired) electrons. The summed E-state index contributed by atoms with van der Waals surface area (Å²) in [5.41, 5.74) is 0.547. The van der Waals surface area contributed by atoms with E-state index in [4.69, 9.17) is 0 Å². The van der Waals surface area contributed by atoms with Gasteiger partial charge in [0.05, 0.1) is 11.1 Å². The van der Waals surface area contributed by atoms with Gasteiger partial charge < -0.3 is 9.80 Å². The highest BCUT2D eigenvalue weighted by molar-refractivity contribution is 5.97. The molecule has 36 heavy (non-hydrogen) atoms. The maximum Gasteiger partial charge on any atom is 0.417 e. The molecule has 1 aromatic heterocycles. The number of aromatic amines is 1. The second kappa shape index (κ2) is 9.36. The minimum Gasteiger partial charge on any atom is -0.339 e. The van der Waals surface area contributed by atoms with E-state index in [9.17, 15) is 27.2 Å². The van der Waals surface area contributed by atoms with Crippen LogP contribution in [0, 0.1) is 17.7 Å². The van der Waals surface area contributed by atoms with Gasteiger partial charge in [0.1, 0.15) is 11.3 Å². The topological polar surface area (TPSA) is 82.2 Å². The quantitative estimate of drug-likeness (QED) is 0.432. The summed E-state index contributed by atoms with van der Waals surface area (Å²) >= 11 is 0. The molecule has 2 aliphatic rings. The second-order valence-electron chi connectivity index (χ2n) is 9.24. The Labute approximate surface area is 203 Å². The molecule has 3 aromatic rings. The Kier molecular flexibility index (Phi) is 6.23. The number of hydrogen-bond donors (Lipinski definition) is 1. The van der Waals surface area contributed by atoms with E-state index in [2.05, 4.69) is 15.4 Å². The monoisotopic (exact) mass is 501 g/mol. The average molecular weight is 501 g/mol. The van der Waals surface area contributed by atoms with Crippen LogP contribution in [0.4, 0.5) is 17.6 Å². The lowest BCUT2D eigenvalue weighted by molar-refractivity contribution is -0.138. The van der Waals surface area contributed by atoms with Crippen molar-refractivity contribution in [2.75, 3.05) is 26.2 Å². The molecule has 2 saturated heterocycles.